The highest BCUT2D eigenvalue weighted by molar-refractivity contribution is 6.27. The minimum Gasteiger partial charge on any atom is -0.0619 e. The van der Waals surface area contributed by atoms with E-state index in [1.54, 1.807) is 0 Å². The molecule has 25 heavy (non-hydrogen) atoms. The molecule has 6 rings (SSSR count). The molecule has 0 aliphatic heterocycles. The van der Waals surface area contributed by atoms with Crippen molar-refractivity contribution in [3.8, 4) is 11.1 Å². The van der Waals surface area contributed by atoms with Gasteiger partial charge in [0.25, 0.3) is 0 Å². The van der Waals surface area contributed by atoms with Crippen molar-refractivity contribution in [3.63, 3.8) is 0 Å². The SMILES string of the molecule is CC1(C)c2ccccc2-c2ccc3ccc4cccc5cc1c2c3c45. The lowest BCUT2D eigenvalue weighted by atomic mass is 9.67. The van der Waals surface area contributed by atoms with Gasteiger partial charge < -0.3 is 0 Å². The first-order valence-electron chi connectivity index (χ1n) is 8.97. The lowest BCUT2D eigenvalue weighted by Gasteiger charge is -2.36. The van der Waals surface area contributed by atoms with Crippen LogP contribution in [0.5, 0.6) is 0 Å². The van der Waals surface area contributed by atoms with E-state index in [2.05, 4.69) is 86.6 Å². The first kappa shape index (κ1) is 13.4. The zero-order valence-corrected chi connectivity index (χ0v) is 14.4. The minimum absolute atomic E-state index is 0.00751. The van der Waals surface area contributed by atoms with Crippen LogP contribution in [0, 0.1) is 0 Å². The van der Waals surface area contributed by atoms with E-state index in [-0.39, 0.29) is 5.41 Å². The lowest BCUT2D eigenvalue weighted by Crippen LogP contribution is -2.23. The van der Waals surface area contributed by atoms with Gasteiger partial charge in [0.2, 0.25) is 0 Å². The molecule has 0 N–H and O–H groups in total. The molecule has 1 aliphatic carbocycles. The Morgan fingerprint density at radius 2 is 1.24 bits per heavy atom. The summed E-state index contributed by atoms with van der Waals surface area (Å²) in [4.78, 5) is 0. The topological polar surface area (TPSA) is 0 Å². The van der Waals surface area contributed by atoms with E-state index in [4.69, 9.17) is 0 Å². The van der Waals surface area contributed by atoms with Crippen LogP contribution < -0.4 is 0 Å². The third-order valence-electron chi connectivity index (χ3n) is 6.19. The molecule has 118 valence electrons. The van der Waals surface area contributed by atoms with Crippen LogP contribution in [0.4, 0.5) is 0 Å². The minimum atomic E-state index is 0.00751. The standard InChI is InChI=1S/C25H18/c1-25(2)20-9-4-3-8-18(20)19-13-12-16-11-10-15-6-5-7-17-14-21(25)24(19)23(16)22(15)17/h3-14H,1-2H3. The molecule has 0 fully saturated rings. The Kier molecular flexibility index (Phi) is 2.26. The summed E-state index contributed by atoms with van der Waals surface area (Å²) < 4.78 is 0. The van der Waals surface area contributed by atoms with Gasteiger partial charge in [0.1, 0.15) is 0 Å². The van der Waals surface area contributed by atoms with E-state index >= 15 is 0 Å². The third-order valence-corrected chi connectivity index (χ3v) is 6.19. The number of hydrogen-bond acceptors (Lipinski definition) is 0. The Labute approximate surface area is 147 Å². The van der Waals surface area contributed by atoms with E-state index in [1.807, 2.05) is 0 Å². The maximum Gasteiger partial charge on any atom is 0.0159 e. The largest absolute Gasteiger partial charge is 0.0619 e. The highest BCUT2D eigenvalue weighted by Gasteiger charge is 2.34. The molecule has 5 aromatic carbocycles. The van der Waals surface area contributed by atoms with Crippen molar-refractivity contribution in [2.45, 2.75) is 19.3 Å². The van der Waals surface area contributed by atoms with Gasteiger partial charge in [-0.25, -0.2) is 0 Å². The third kappa shape index (κ3) is 1.49. The molecule has 5 aromatic rings. The smallest absolute Gasteiger partial charge is 0.0159 e. The number of hydrogen-bond donors (Lipinski definition) is 0. The van der Waals surface area contributed by atoms with Gasteiger partial charge >= 0.3 is 0 Å². The summed E-state index contributed by atoms with van der Waals surface area (Å²) in [6.07, 6.45) is 0. The average Bonchev–Trinajstić information content (AvgIpc) is 2.65. The Balaban J connectivity index is 1.99. The highest BCUT2D eigenvalue weighted by atomic mass is 14.4. The van der Waals surface area contributed by atoms with Crippen molar-refractivity contribution in [1.82, 2.24) is 0 Å². The molecule has 0 unspecified atom stereocenters. The molecular weight excluding hydrogens is 300 g/mol. The summed E-state index contributed by atoms with van der Waals surface area (Å²) in [7, 11) is 0. The fourth-order valence-electron chi connectivity index (χ4n) is 4.98. The van der Waals surface area contributed by atoms with Gasteiger partial charge in [0, 0.05) is 5.41 Å². The normalized spacial score (nSPS) is 15.1. The molecule has 0 atom stereocenters. The first-order valence-corrected chi connectivity index (χ1v) is 8.97. The Morgan fingerprint density at radius 1 is 0.520 bits per heavy atom. The Morgan fingerprint density at radius 3 is 2.12 bits per heavy atom. The van der Waals surface area contributed by atoms with Crippen molar-refractivity contribution < 1.29 is 0 Å². The van der Waals surface area contributed by atoms with Crippen LogP contribution in [0.3, 0.4) is 0 Å². The summed E-state index contributed by atoms with van der Waals surface area (Å²) in [6.45, 7) is 4.74. The van der Waals surface area contributed by atoms with Crippen LogP contribution in [0.25, 0.3) is 43.4 Å². The molecular formula is C25H18. The molecule has 0 heterocycles. The quantitative estimate of drug-likeness (QED) is 0.273. The van der Waals surface area contributed by atoms with Crippen molar-refractivity contribution in [3.05, 3.63) is 83.9 Å². The summed E-state index contributed by atoms with van der Waals surface area (Å²) >= 11 is 0. The molecule has 0 saturated carbocycles. The fourth-order valence-corrected chi connectivity index (χ4v) is 4.98. The van der Waals surface area contributed by atoms with Crippen LogP contribution >= 0.6 is 0 Å². The number of fused-ring (bicyclic) bond motifs is 2. The summed E-state index contributed by atoms with van der Waals surface area (Å²) in [5.74, 6) is 0. The van der Waals surface area contributed by atoms with Crippen LogP contribution in [0.1, 0.15) is 25.0 Å². The van der Waals surface area contributed by atoms with E-state index in [0.717, 1.165) is 0 Å². The zero-order valence-electron chi connectivity index (χ0n) is 14.4. The van der Waals surface area contributed by atoms with Crippen molar-refractivity contribution >= 4 is 32.3 Å². The lowest BCUT2D eigenvalue weighted by molar-refractivity contribution is 0.646. The molecule has 0 amide bonds. The summed E-state index contributed by atoms with van der Waals surface area (Å²) in [6, 6.07) is 27.2. The Bertz CT molecular complexity index is 1300. The first-order chi connectivity index (χ1) is 12.2. The molecule has 0 radical (unpaired) electrons. The molecule has 0 heteroatoms. The second-order valence-corrected chi connectivity index (χ2v) is 7.83. The van der Waals surface area contributed by atoms with Gasteiger partial charge in [0.15, 0.2) is 0 Å². The van der Waals surface area contributed by atoms with Crippen molar-refractivity contribution in [2.24, 2.45) is 0 Å². The van der Waals surface area contributed by atoms with Crippen molar-refractivity contribution in [1.29, 1.82) is 0 Å². The zero-order chi connectivity index (χ0) is 16.8. The van der Waals surface area contributed by atoms with Gasteiger partial charge in [-0.2, -0.15) is 0 Å². The van der Waals surface area contributed by atoms with E-state index < -0.39 is 0 Å². The monoisotopic (exact) mass is 318 g/mol. The predicted molar refractivity (Wildman–Crippen MR) is 108 cm³/mol. The van der Waals surface area contributed by atoms with Gasteiger partial charge in [-0.1, -0.05) is 80.6 Å². The molecule has 1 aliphatic rings. The predicted octanol–water partition coefficient (Wildman–Crippen LogP) is 6.89. The van der Waals surface area contributed by atoms with Crippen LogP contribution in [-0.4, -0.2) is 0 Å². The molecule has 0 spiro atoms. The summed E-state index contributed by atoms with van der Waals surface area (Å²) in [5, 5.41) is 8.34. The van der Waals surface area contributed by atoms with Crippen LogP contribution in [-0.2, 0) is 5.41 Å². The molecule has 0 nitrogen and oxygen atoms in total. The second-order valence-electron chi connectivity index (χ2n) is 7.83. The van der Waals surface area contributed by atoms with Gasteiger partial charge in [-0.05, 0) is 60.6 Å². The average molecular weight is 318 g/mol. The van der Waals surface area contributed by atoms with Crippen LogP contribution in [0.2, 0.25) is 0 Å². The molecule has 0 saturated heterocycles. The van der Waals surface area contributed by atoms with E-state index in [0.29, 0.717) is 0 Å². The summed E-state index contributed by atoms with van der Waals surface area (Å²) in [5.41, 5.74) is 5.67. The Hall–Kier alpha value is -2.86. The fraction of sp³-hybridized carbons (Fsp3) is 0.120. The maximum absolute atomic E-state index is 2.43. The van der Waals surface area contributed by atoms with Crippen LogP contribution in [0.15, 0.2) is 72.8 Å². The number of benzene rings is 5. The van der Waals surface area contributed by atoms with E-state index in [1.165, 1.54) is 54.6 Å². The van der Waals surface area contributed by atoms with Crippen molar-refractivity contribution in [2.75, 3.05) is 0 Å². The molecule has 0 bridgehead atoms. The highest BCUT2D eigenvalue weighted by Crippen LogP contribution is 2.51. The van der Waals surface area contributed by atoms with Gasteiger partial charge in [-0.15, -0.1) is 0 Å². The number of rotatable bonds is 0. The van der Waals surface area contributed by atoms with E-state index in [9.17, 15) is 0 Å². The maximum atomic E-state index is 2.43. The molecule has 0 aromatic heterocycles. The second kappa shape index (κ2) is 4.21. The van der Waals surface area contributed by atoms with Gasteiger partial charge in [-0.3, -0.25) is 0 Å². The van der Waals surface area contributed by atoms with Gasteiger partial charge in [0.05, 0.1) is 0 Å².